The highest BCUT2D eigenvalue weighted by atomic mass is 16.5. The number of hydrogen-bond donors (Lipinski definition) is 1. The van der Waals surface area contributed by atoms with Gasteiger partial charge in [-0.25, -0.2) is 4.98 Å². The van der Waals surface area contributed by atoms with Gasteiger partial charge in [-0.05, 0) is 26.0 Å². The summed E-state index contributed by atoms with van der Waals surface area (Å²) in [6, 6.07) is 3.58. The Balaban J connectivity index is 2.99. The molecule has 0 bridgehead atoms. The number of pyridine rings is 1. The van der Waals surface area contributed by atoms with E-state index in [9.17, 15) is 5.11 Å². The van der Waals surface area contributed by atoms with Crippen molar-refractivity contribution < 1.29 is 9.84 Å². The fraction of sp³-hybridized carbons (Fsp3) is 0.364. The SMILES string of the molecule is COc1ncccc1C(O)C=C(C)C. The van der Waals surface area contributed by atoms with E-state index < -0.39 is 6.10 Å². The van der Waals surface area contributed by atoms with Gasteiger partial charge in [0.2, 0.25) is 5.88 Å². The zero-order valence-corrected chi connectivity index (χ0v) is 8.69. The molecule has 0 aliphatic rings. The predicted molar refractivity (Wildman–Crippen MR) is 55.2 cm³/mol. The van der Waals surface area contributed by atoms with Crippen LogP contribution >= 0.6 is 0 Å². The minimum absolute atomic E-state index is 0.470. The van der Waals surface area contributed by atoms with Crippen molar-refractivity contribution >= 4 is 0 Å². The maximum atomic E-state index is 9.81. The molecule has 0 aliphatic carbocycles. The second-order valence-electron chi connectivity index (χ2n) is 3.29. The van der Waals surface area contributed by atoms with Crippen LogP contribution in [0.4, 0.5) is 0 Å². The standard InChI is InChI=1S/C11H15NO2/c1-8(2)7-10(13)9-5-4-6-12-11(9)14-3/h4-7,10,13H,1-3H3. The molecule has 3 heteroatoms. The van der Waals surface area contributed by atoms with E-state index in [1.54, 1.807) is 31.5 Å². The summed E-state index contributed by atoms with van der Waals surface area (Å²) in [7, 11) is 1.54. The molecule has 0 saturated carbocycles. The smallest absolute Gasteiger partial charge is 0.219 e. The van der Waals surface area contributed by atoms with Crippen molar-refractivity contribution in [3.8, 4) is 5.88 Å². The highest BCUT2D eigenvalue weighted by molar-refractivity contribution is 5.30. The Kier molecular flexibility index (Phi) is 3.65. The van der Waals surface area contributed by atoms with E-state index in [1.165, 1.54) is 0 Å². The second-order valence-corrected chi connectivity index (χ2v) is 3.29. The molecule has 0 radical (unpaired) electrons. The van der Waals surface area contributed by atoms with Crippen molar-refractivity contribution in [2.24, 2.45) is 0 Å². The summed E-state index contributed by atoms with van der Waals surface area (Å²) in [5.74, 6) is 0.470. The van der Waals surface area contributed by atoms with Crippen LogP contribution in [0.25, 0.3) is 0 Å². The molecular formula is C11H15NO2. The van der Waals surface area contributed by atoms with E-state index in [0.29, 0.717) is 11.4 Å². The third-order valence-corrected chi connectivity index (χ3v) is 1.80. The molecule has 0 fully saturated rings. The van der Waals surface area contributed by atoms with Gasteiger partial charge in [-0.1, -0.05) is 11.6 Å². The Morgan fingerprint density at radius 3 is 2.86 bits per heavy atom. The Hall–Kier alpha value is -1.35. The van der Waals surface area contributed by atoms with Gasteiger partial charge in [-0.3, -0.25) is 0 Å². The fourth-order valence-electron chi connectivity index (χ4n) is 1.20. The maximum absolute atomic E-state index is 9.81. The summed E-state index contributed by atoms with van der Waals surface area (Å²) in [5, 5.41) is 9.81. The second kappa shape index (κ2) is 4.77. The molecule has 0 aromatic carbocycles. The molecule has 14 heavy (non-hydrogen) atoms. The number of hydrogen-bond acceptors (Lipinski definition) is 3. The van der Waals surface area contributed by atoms with E-state index in [-0.39, 0.29) is 0 Å². The number of ether oxygens (including phenoxy) is 1. The summed E-state index contributed by atoms with van der Waals surface area (Å²) >= 11 is 0. The van der Waals surface area contributed by atoms with Crippen LogP contribution in [0.1, 0.15) is 25.5 Å². The minimum atomic E-state index is -0.649. The van der Waals surface area contributed by atoms with Crippen molar-refractivity contribution in [1.82, 2.24) is 4.98 Å². The molecule has 1 aromatic heterocycles. The first-order valence-corrected chi connectivity index (χ1v) is 4.47. The van der Waals surface area contributed by atoms with Crippen LogP contribution in [-0.2, 0) is 0 Å². The van der Waals surface area contributed by atoms with Gasteiger partial charge in [0.1, 0.15) is 6.10 Å². The summed E-state index contributed by atoms with van der Waals surface area (Å²) in [5.41, 5.74) is 1.75. The molecule has 1 atom stereocenters. The normalized spacial score (nSPS) is 12.0. The Labute approximate surface area is 84.1 Å². The average Bonchev–Trinajstić information content (AvgIpc) is 2.16. The van der Waals surface area contributed by atoms with E-state index in [2.05, 4.69) is 4.98 Å². The molecule has 1 heterocycles. The number of aromatic nitrogens is 1. The van der Waals surface area contributed by atoms with E-state index in [1.807, 2.05) is 13.8 Å². The zero-order valence-electron chi connectivity index (χ0n) is 8.69. The van der Waals surface area contributed by atoms with Crippen molar-refractivity contribution in [2.45, 2.75) is 20.0 Å². The van der Waals surface area contributed by atoms with Gasteiger partial charge in [0.15, 0.2) is 0 Å². The molecular weight excluding hydrogens is 178 g/mol. The van der Waals surface area contributed by atoms with Gasteiger partial charge in [-0.2, -0.15) is 0 Å². The first-order valence-electron chi connectivity index (χ1n) is 4.47. The lowest BCUT2D eigenvalue weighted by atomic mass is 10.1. The first-order chi connectivity index (χ1) is 6.65. The fourth-order valence-corrected chi connectivity index (χ4v) is 1.20. The maximum Gasteiger partial charge on any atom is 0.219 e. The van der Waals surface area contributed by atoms with Gasteiger partial charge in [0, 0.05) is 11.8 Å². The molecule has 0 saturated heterocycles. The molecule has 3 nitrogen and oxygen atoms in total. The van der Waals surface area contributed by atoms with Crippen LogP contribution in [0.5, 0.6) is 5.88 Å². The number of allylic oxidation sites excluding steroid dienone is 1. The lowest BCUT2D eigenvalue weighted by Gasteiger charge is -2.10. The Bertz CT molecular complexity index is 330. The van der Waals surface area contributed by atoms with Crippen LogP contribution in [-0.4, -0.2) is 17.2 Å². The lowest BCUT2D eigenvalue weighted by molar-refractivity contribution is 0.220. The van der Waals surface area contributed by atoms with E-state index in [0.717, 1.165) is 5.57 Å². The van der Waals surface area contributed by atoms with E-state index >= 15 is 0 Å². The molecule has 0 amide bonds. The molecule has 0 aliphatic heterocycles. The van der Waals surface area contributed by atoms with Crippen LogP contribution < -0.4 is 4.74 Å². The highest BCUT2D eigenvalue weighted by Crippen LogP contribution is 2.23. The third kappa shape index (κ3) is 2.57. The van der Waals surface area contributed by atoms with Crippen LogP contribution in [0.2, 0.25) is 0 Å². The van der Waals surface area contributed by atoms with Gasteiger partial charge in [0.05, 0.1) is 7.11 Å². The van der Waals surface area contributed by atoms with Crippen molar-refractivity contribution in [3.05, 3.63) is 35.5 Å². The largest absolute Gasteiger partial charge is 0.481 e. The summed E-state index contributed by atoms with van der Waals surface area (Å²) in [6.45, 7) is 3.87. The Morgan fingerprint density at radius 2 is 2.29 bits per heavy atom. The van der Waals surface area contributed by atoms with Gasteiger partial charge >= 0.3 is 0 Å². The monoisotopic (exact) mass is 193 g/mol. The van der Waals surface area contributed by atoms with Crippen molar-refractivity contribution in [2.75, 3.05) is 7.11 Å². The minimum Gasteiger partial charge on any atom is -0.481 e. The number of nitrogens with zero attached hydrogens (tertiary/aromatic N) is 1. The number of aliphatic hydroxyl groups excluding tert-OH is 1. The van der Waals surface area contributed by atoms with Gasteiger partial charge in [0.25, 0.3) is 0 Å². The van der Waals surface area contributed by atoms with Crippen LogP contribution in [0.15, 0.2) is 30.0 Å². The van der Waals surface area contributed by atoms with Crippen molar-refractivity contribution in [1.29, 1.82) is 0 Å². The summed E-state index contributed by atoms with van der Waals surface area (Å²) in [6.07, 6.45) is 2.75. The van der Waals surface area contributed by atoms with Crippen LogP contribution in [0.3, 0.4) is 0 Å². The number of rotatable bonds is 3. The molecule has 0 spiro atoms. The first kappa shape index (κ1) is 10.7. The van der Waals surface area contributed by atoms with Crippen molar-refractivity contribution in [3.63, 3.8) is 0 Å². The number of methoxy groups -OCH3 is 1. The quantitative estimate of drug-likeness (QED) is 0.747. The van der Waals surface area contributed by atoms with E-state index in [4.69, 9.17) is 4.74 Å². The number of aliphatic hydroxyl groups is 1. The molecule has 1 aromatic rings. The molecule has 1 unspecified atom stereocenters. The average molecular weight is 193 g/mol. The van der Waals surface area contributed by atoms with Gasteiger partial charge in [-0.15, -0.1) is 0 Å². The summed E-state index contributed by atoms with van der Waals surface area (Å²) < 4.78 is 5.05. The van der Waals surface area contributed by atoms with Crippen LogP contribution in [0, 0.1) is 0 Å². The predicted octanol–water partition coefficient (Wildman–Crippen LogP) is 2.09. The molecule has 1 rings (SSSR count). The zero-order chi connectivity index (χ0) is 10.6. The molecule has 1 N–H and O–H groups in total. The third-order valence-electron chi connectivity index (χ3n) is 1.80. The summed E-state index contributed by atoms with van der Waals surface area (Å²) in [4.78, 5) is 4.01. The molecule has 76 valence electrons. The topological polar surface area (TPSA) is 42.4 Å². The highest BCUT2D eigenvalue weighted by Gasteiger charge is 2.10. The Morgan fingerprint density at radius 1 is 1.57 bits per heavy atom. The van der Waals surface area contributed by atoms with Gasteiger partial charge < -0.3 is 9.84 Å². The lowest BCUT2D eigenvalue weighted by Crippen LogP contribution is -1.99.